The number of nitrogens with zero attached hydrogens (tertiary/aromatic N) is 1. The van der Waals surface area contributed by atoms with Crippen molar-refractivity contribution in [3.63, 3.8) is 0 Å². The van der Waals surface area contributed by atoms with E-state index in [0.29, 0.717) is 17.9 Å². The molecule has 1 heterocycles. The van der Waals surface area contributed by atoms with Crippen molar-refractivity contribution in [3.8, 4) is 0 Å². The van der Waals surface area contributed by atoms with Crippen molar-refractivity contribution >= 4 is 11.1 Å². The Morgan fingerprint density at radius 1 is 1.15 bits per heavy atom. The summed E-state index contributed by atoms with van der Waals surface area (Å²) in [6.45, 7) is 0. The molecule has 20 heavy (non-hydrogen) atoms. The largest absolute Gasteiger partial charge is 0.441 e. The minimum Gasteiger partial charge on any atom is -0.441 e. The predicted molar refractivity (Wildman–Crippen MR) is 75.9 cm³/mol. The highest BCUT2D eigenvalue weighted by Gasteiger charge is 2.17. The normalized spacial score (nSPS) is 12.7. The summed E-state index contributed by atoms with van der Waals surface area (Å²) in [5.74, 6) is 0.386. The van der Waals surface area contributed by atoms with Crippen LogP contribution in [0.15, 0.2) is 52.9 Å². The third-order valence-corrected chi connectivity index (χ3v) is 3.35. The number of hydrogen-bond acceptors (Lipinski definition) is 3. The van der Waals surface area contributed by atoms with Gasteiger partial charge in [-0.1, -0.05) is 30.3 Å². The summed E-state index contributed by atoms with van der Waals surface area (Å²) >= 11 is 0. The molecule has 0 saturated carbocycles. The number of para-hydroxylation sites is 2. The van der Waals surface area contributed by atoms with Crippen LogP contribution in [0.2, 0.25) is 0 Å². The average Bonchev–Trinajstić information content (AvgIpc) is 2.88. The Kier molecular flexibility index (Phi) is 3.48. The number of likely N-dealkylation sites (N-methyl/N-ethyl adjacent to an activating group) is 1. The van der Waals surface area contributed by atoms with Crippen molar-refractivity contribution < 1.29 is 8.81 Å². The molecule has 3 aromatic rings. The van der Waals surface area contributed by atoms with E-state index in [9.17, 15) is 4.39 Å². The van der Waals surface area contributed by atoms with Crippen LogP contribution in [-0.4, -0.2) is 12.0 Å². The SMILES string of the molecule is CNC(Cc1nc2ccccc2o1)c1ccccc1F. The molecular weight excluding hydrogens is 255 g/mol. The molecule has 0 radical (unpaired) electrons. The number of oxazole rings is 1. The lowest BCUT2D eigenvalue weighted by molar-refractivity contribution is 0.461. The molecule has 0 amide bonds. The molecule has 102 valence electrons. The summed E-state index contributed by atoms with van der Waals surface area (Å²) < 4.78 is 19.5. The van der Waals surface area contributed by atoms with E-state index in [4.69, 9.17) is 4.42 Å². The highest BCUT2D eigenvalue weighted by molar-refractivity contribution is 5.72. The van der Waals surface area contributed by atoms with Crippen LogP contribution >= 0.6 is 0 Å². The summed E-state index contributed by atoms with van der Waals surface area (Å²) in [6, 6.07) is 14.2. The predicted octanol–water partition coefficient (Wildman–Crippen LogP) is 3.47. The molecule has 1 aromatic heterocycles. The maximum absolute atomic E-state index is 13.8. The molecule has 1 unspecified atom stereocenters. The second kappa shape index (κ2) is 5.43. The third-order valence-electron chi connectivity index (χ3n) is 3.35. The molecule has 4 heteroatoms. The highest BCUT2D eigenvalue weighted by atomic mass is 19.1. The van der Waals surface area contributed by atoms with Crippen LogP contribution in [-0.2, 0) is 6.42 Å². The first-order chi connectivity index (χ1) is 9.78. The lowest BCUT2D eigenvalue weighted by Crippen LogP contribution is -2.20. The Morgan fingerprint density at radius 3 is 2.65 bits per heavy atom. The smallest absolute Gasteiger partial charge is 0.197 e. The van der Waals surface area contributed by atoms with E-state index < -0.39 is 0 Å². The number of benzene rings is 2. The zero-order chi connectivity index (χ0) is 13.9. The standard InChI is InChI=1S/C16H15FN2O/c1-18-14(11-6-2-3-7-12(11)17)10-16-19-13-8-4-5-9-15(13)20-16/h2-9,14,18H,10H2,1H3. The molecule has 1 atom stereocenters. The highest BCUT2D eigenvalue weighted by Crippen LogP contribution is 2.23. The van der Waals surface area contributed by atoms with E-state index >= 15 is 0 Å². The van der Waals surface area contributed by atoms with Crippen LogP contribution in [0.1, 0.15) is 17.5 Å². The van der Waals surface area contributed by atoms with Crippen molar-refractivity contribution in [1.29, 1.82) is 0 Å². The van der Waals surface area contributed by atoms with Crippen LogP contribution in [0.25, 0.3) is 11.1 Å². The Bertz CT molecular complexity index is 690. The number of hydrogen-bond donors (Lipinski definition) is 1. The van der Waals surface area contributed by atoms with Gasteiger partial charge in [0.15, 0.2) is 11.5 Å². The summed E-state index contributed by atoms with van der Waals surface area (Å²) in [7, 11) is 1.81. The van der Waals surface area contributed by atoms with Crippen molar-refractivity contribution in [3.05, 3.63) is 65.8 Å². The van der Waals surface area contributed by atoms with Gasteiger partial charge in [-0.2, -0.15) is 0 Å². The zero-order valence-electron chi connectivity index (χ0n) is 11.1. The molecular formula is C16H15FN2O. The van der Waals surface area contributed by atoms with Crippen LogP contribution in [0, 0.1) is 5.82 Å². The van der Waals surface area contributed by atoms with E-state index in [0.717, 1.165) is 11.1 Å². The number of halogens is 1. The van der Waals surface area contributed by atoms with Crippen LogP contribution in [0.4, 0.5) is 4.39 Å². The lowest BCUT2D eigenvalue weighted by atomic mass is 10.0. The Labute approximate surface area is 116 Å². The van der Waals surface area contributed by atoms with Crippen molar-refractivity contribution in [1.82, 2.24) is 10.3 Å². The first kappa shape index (κ1) is 12.8. The molecule has 2 aromatic carbocycles. The summed E-state index contributed by atoms with van der Waals surface area (Å²) in [5.41, 5.74) is 2.20. The Hall–Kier alpha value is -2.20. The molecule has 0 aliphatic carbocycles. The topological polar surface area (TPSA) is 38.1 Å². The fraction of sp³-hybridized carbons (Fsp3) is 0.188. The van der Waals surface area contributed by atoms with Crippen molar-refractivity contribution in [2.24, 2.45) is 0 Å². The Morgan fingerprint density at radius 2 is 1.90 bits per heavy atom. The van der Waals surface area contributed by atoms with Gasteiger partial charge in [0.1, 0.15) is 11.3 Å². The van der Waals surface area contributed by atoms with Gasteiger partial charge in [-0.05, 0) is 25.2 Å². The first-order valence-electron chi connectivity index (χ1n) is 6.54. The summed E-state index contributed by atoms with van der Waals surface area (Å²) in [4.78, 5) is 4.43. The zero-order valence-corrected chi connectivity index (χ0v) is 11.1. The molecule has 0 saturated heterocycles. The third kappa shape index (κ3) is 2.42. The van der Waals surface area contributed by atoms with Crippen molar-refractivity contribution in [2.75, 3.05) is 7.05 Å². The van der Waals surface area contributed by atoms with E-state index in [1.807, 2.05) is 30.3 Å². The maximum Gasteiger partial charge on any atom is 0.197 e. The van der Waals surface area contributed by atoms with Crippen LogP contribution in [0.5, 0.6) is 0 Å². The molecule has 3 rings (SSSR count). The summed E-state index contributed by atoms with van der Waals surface area (Å²) in [5, 5.41) is 3.11. The lowest BCUT2D eigenvalue weighted by Gasteiger charge is -2.15. The summed E-state index contributed by atoms with van der Waals surface area (Å²) in [6.07, 6.45) is 0.506. The number of rotatable bonds is 4. The minimum absolute atomic E-state index is 0.163. The van der Waals surface area contributed by atoms with E-state index in [1.54, 1.807) is 19.2 Å². The van der Waals surface area contributed by atoms with Gasteiger partial charge in [-0.25, -0.2) is 9.37 Å². The van der Waals surface area contributed by atoms with Crippen LogP contribution in [0.3, 0.4) is 0 Å². The molecule has 0 aliphatic heterocycles. The van der Waals surface area contributed by atoms with E-state index in [1.165, 1.54) is 6.07 Å². The molecule has 1 N–H and O–H groups in total. The van der Waals surface area contributed by atoms with Gasteiger partial charge < -0.3 is 9.73 Å². The van der Waals surface area contributed by atoms with Crippen molar-refractivity contribution in [2.45, 2.75) is 12.5 Å². The second-order valence-electron chi connectivity index (χ2n) is 4.64. The maximum atomic E-state index is 13.8. The fourth-order valence-corrected chi connectivity index (χ4v) is 2.31. The molecule has 3 nitrogen and oxygen atoms in total. The van der Waals surface area contributed by atoms with Crippen LogP contribution < -0.4 is 5.32 Å². The number of nitrogens with one attached hydrogen (secondary N) is 1. The second-order valence-corrected chi connectivity index (χ2v) is 4.64. The minimum atomic E-state index is -0.219. The number of fused-ring (bicyclic) bond motifs is 1. The molecule has 0 bridgehead atoms. The van der Waals surface area contributed by atoms with E-state index in [2.05, 4.69) is 10.3 Å². The molecule has 0 fully saturated rings. The van der Waals surface area contributed by atoms with Gasteiger partial charge in [-0.15, -0.1) is 0 Å². The van der Waals surface area contributed by atoms with Gasteiger partial charge in [-0.3, -0.25) is 0 Å². The van der Waals surface area contributed by atoms with Gasteiger partial charge in [0, 0.05) is 18.0 Å². The van der Waals surface area contributed by atoms with Gasteiger partial charge >= 0.3 is 0 Å². The molecule has 0 spiro atoms. The van der Waals surface area contributed by atoms with Gasteiger partial charge in [0.25, 0.3) is 0 Å². The first-order valence-corrected chi connectivity index (χ1v) is 6.54. The number of aromatic nitrogens is 1. The monoisotopic (exact) mass is 270 g/mol. The van der Waals surface area contributed by atoms with E-state index in [-0.39, 0.29) is 11.9 Å². The quantitative estimate of drug-likeness (QED) is 0.789. The van der Waals surface area contributed by atoms with Gasteiger partial charge in [0.2, 0.25) is 0 Å². The fourth-order valence-electron chi connectivity index (χ4n) is 2.31. The Balaban J connectivity index is 1.90. The molecule has 0 aliphatic rings. The van der Waals surface area contributed by atoms with Gasteiger partial charge in [0.05, 0.1) is 0 Å². The average molecular weight is 270 g/mol.